The molecule has 21 heavy (non-hydrogen) atoms. The van der Waals surface area contributed by atoms with Crippen LogP contribution in [0.15, 0.2) is 15.5 Å². The van der Waals surface area contributed by atoms with E-state index in [0.717, 1.165) is 0 Å². The van der Waals surface area contributed by atoms with E-state index in [2.05, 4.69) is 21.0 Å². The number of nitrogens with two attached hydrogens (primary N) is 1. The number of hydrogen-bond donors (Lipinski definition) is 2. The molecule has 2 heterocycles. The number of carboxylic acid groups (broad SMARTS) is 1. The van der Waals surface area contributed by atoms with Gasteiger partial charge in [-0.1, -0.05) is 0 Å². The molecule has 0 amide bonds. The number of nitrogens with zero attached hydrogens (tertiary/aromatic N) is 3. The molecule has 9 heteroatoms. The number of ether oxygens (including phenoxy) is 1. The highest BCUT2D eigenvalue weighted by atomic mass is 79.9. The predicted octanol–water partition coefficient (Wildman–Crippen LogP) is -0.356. The second-order valence-corrected chi connectivity index (χ2v) is 5.79. The van der Waals surface area contributed by atoms with Crippen LogP contribution < -0.4 is 16.2 Å². The van der Waals surface area contributed by atoms with Gasteiger partial charge in [-0.2, -0.15) is 5.10 Å². The summed E-state index contributed by atoms with van der Waals surface area (Å²) in [5, 5.41) is 13.2. The van der Waals surface area contributed by atoms with Crippen molar-refractivity contribution < 1.29 is 14.6 Å². The molecule has 3 N–H and O–H groups in total. The van der Waals surface area contributed by atoms with Gasteiger partial charge in [-0.3, -0.25) is 9.59 Å². The van der Waals surface area contributed by atoms with Crippen LogP contribution in [-0.4, -0.2) is 53.2 Å². The second kappa shape index (κ2) is 6.12. The first-order valence-electron chi connectivity index (χ1n) is 6.41. The lowest BCUT2D eigenvalue weighted by molar-refractivity contribution is -0.142. The molecule has 1 aromatic rings. The van der Waals surface area contributed by atoms with Crippen LogP contribution in [0.25, 0.3) is 0 Å². The third-order valence-corrected chi connectivity index (χ3v) is 4.29. The fraction of sp³-hybridized carbons (Fsp3) is 0.583. The predicted molar refractivity (Wildman–Crippen MR) is 79.5 cm³/mol. The molecule has 1 aliphatic rings. The molecule has 116 valence electrons. The number of halogens is 1. The Hall–Kier alpha value is -1.45. The number of carbonyl (C=O) groups is 1. The summed E-state index contributed by atoms with van der Waals surface area (Å²) in [4.78, 5) is 25.1. The molecule has 0 aromatic carbocycles. The average molecular weight is 361 g/mol. The summed E-state index contributed by atoms with van der Waals surface area (Å²) in [6.45, 7) is 1.34. The van der Waals surface area contributed by atoms with Gasteiger partial charge in [-0.05, 0) is 22.4 Å². The first-order valence-corrected chi connectivity index (χ1v) is 7.20. The first kappa shape index (κ1) is 15.9. The lowest BCUT2D eigenvalue weighted by Crippen LogP contribution is -2.50. The van der Waals surface area contributed by atoms with E-state index in [-0.39, 0.29) is 12.1 Å². The largest absolute Gasteiger partial charge is 0.480 e. The van der Waals surface area contributed by atoms with Crippen LogP contribution in [0.5, 0.6) is 0 Å². The Morgan fingerprint density at radius 2 is 2.38 bits per heavy atom. The number of rotatable bonds is 5. The third kappa shape index (κ3) is 3.09. The summed E-state index contributed by atoms with van der Waals surface area (Å²) in [6.07, 6.45) is 1.86. The van der Waals surface area contributed by atoms with E-state index < -0.39 is 11.5 Å². The highest BCUT2D eigenvalue weighted by Crippen LogP contribution is 2.28. The van der Waals surface area contributed by atoms with Gasteiger partial charge in [0.2, 0.25) is 0 Å². The van der Waals surface area contributed by atoms with E-state index >= 15 is 0 Å². The van der Waals surface area contributed by atoms with Crippen molar-refractivity contribution in [2.75, 3.05) is 31.7 Å². The van der Waals surface area contributed by atoms with Gasteiger partial charge in [-0.15, -0.1) is 0 Å². The molecule has 0 radical (unpaired) electrons. The Morgan fingerprint density at radius 1 is 1.67 bits per heavy atom. The van der Waals surface area contributed by atoms with E-state index in [1.165, 1.54) is 10.9 Å². The lowest BCUT2D eigenvalue weighted by atomic mass is 10.0. The zero-order valence-corrected chi connectivity index (χ0v) is 13.2. The molecule has 1 saturated heterocycles. The highest BCUT2D eigenvalue weighted by Gasteiger charge is 2.42. The number of anilines is 1. The van der Waals surface area contributed by atoms with Gasteiger partial charge in [0.05, 0.1) is 25.0 Å². The van der Waals surface area contributed by atoms with Crippen LogP contribution in [0, 0.1) is 0 Å². The second-order valence-electron chi connectivity index (χ2n) is 5.00. The number of aromatic nitrogens is 2. The molecular weight excluding hydrogens is 344 g/mol. The minimum Gasteiger partial charge on any atom is -0.480 e. The normalized spacial score (nSPS) is 21.8. The number of aliphatic carboxylic acids is 1. The van der Waals surface area contributed by atoms with Gasteiger partial charge in [0.1, 0.15) is 10.0 Å². The van der Waals surface area contributed by atoms with Crippen molar-refractivity contribution >= 4 is 27.6 Å². The third-order valence-electron chi connectivity index (χ3n) is 3.54. The summed E-state index contributed by atoms with van der Waals surface area (Å²) in [7, 11) is 1.55. The molecule has 0 bridgehead atoms. The minimum atomic E-state index is -1.29. The molecule has 1 fully saturated rings. The molecule has 0 aliphatic carbocycles. The minimum absolute atomic E-state index is 0.143. The quantitative estimate of drug-likeness (QED) is 0.737. The summed E-state index contributed by atoms with van der Waals surface area (Å²) in [6, 6.07) is 0. The molecule has 2 rings (SSSR count). The van der Waals surface area contributed by atoms with Crippen LogP contribution in [-0.2, 0) is 16.1 Å². The van der Waals surface area contributed by atoms with Gasteiger partial charge in [0, 0.05) is 20.2 Å². The molecule has 8 nitrogen and oxygen atoms in total. The maximum absolute atomic E-state index is 12.2. The fourth-order valence-electron chi connectivity index (χ4n) is 2.23. The number of methoxy groups -OCH3 is 1. The molecule has 0 spiro atoms. The van der Waals surface area contributed by atoms with Crippen molar-refractivity contribution in [3.05, 3.63) is 21.0 Å². The summed E-state index contributed by atoms with van der Waals surface area (Å²) in [5.41, 5.74) is 4.82. The van der Waals surface area contributed by atoms with Crippen LogP contribution in [0.3, 0.4) is 0 Å². The standard InChI is InChI=1S/C12H17BrN4O4/c1-21-5-4-17-10(18)9(13)8(6-15-17)16-3-2-12(14,7-16)11(19)20/h6H,2-5,7,14H2,1H3,(H,19,20). The first-order chi connectivity index (χ1) is 9.89. The zero-order chi connectivity index (χ0) is 15.6. The van der Waals surface area contributed by atoms with Crippen molar-refractivity contribution in [1.29, 1.82) is 0 Å². The monoisotopic (exact) mass is 360 g/mol. The van der Waals surface area contributed by atoms with Crippen molar-refractivity contribution in [3.8, 4) is 0 Å². The Bertz CT molecular complexity index is 605. The van der Waals surface area contributed by atoms with Crippen LogP contribution >= 0.6 is 15.9 Å². The van der Waals surface area contributed by atoms with Gasteiger partial charge in [0.15, 0.2) is 0 Å². The number of carboxylic acids is 1. The van der Waals surface area contributed by atoms with Crippen LogP contribution in [0.1, 0.15) is 6.42 Å². The topological polar surface area (TPSA) is 111 Å². The van der Waals surface area contributed by atoms with Crippen molar-refractivity contribution in [2.45, 2.75) is 18.5 Å². The Kier molecular flexibility index (Phi) is 4.64. The van der Waals surface area contributed by atoms with Gasteiger partial charge in [0.25, 0.3) is 5.56 Å². The van der Waals surface area contributed by atoms with Gasteiger partial charge >= 0.3 is 5.97 Å². The van der Waals surface area contributed by atoms with Crippen LogP contribution in [0.2, 0.25) is 0 Å². The summed E-state index contributed by atoms with van der Waals surface area (Å²) in [5.74, 6) is -1.04. The van der Waals surface area contributed by atoms with E-state index in [0.29, 0.717) is 36.3 Å². The van der Waals surface area contributed by atoms with E-state index in [9.17, 15) is 9.59 Å². The van der Waals surface area contributed by atoms with Crippen molar-refractivity contribution in [2.24, 2.45) is 5.73 Å². The zero-order valence-electron chi connectivity index (χ0n) is 11.6. The SMILES string of the molecule is COCCn1ncc(N2CCC(N)(C(=O)O)C2)c(Br)c1=O. The Balaban J connectivity index is 2.25. The van der Waals surface area contributed by atoms with E-state index in [4.69, 9.17) is 15.6 Å². The highest BCUT2D eigenvalue weighted by molar-refractivity contribution is 9.10. The van der Waals surface area contributed by atoms with Crippen LogP contribution in [0.4, 0.5) is 5.69 Å². The smallest absolute Gasteiger partial charge is 0.325 e. The summed E-state index contributed by atoms with van der Waals surface area (Å²) < 4.78 is 6.56. The number of hydrogen-bond acceptors (Lipinski definition) is 6. The Labute approximate surface area is 129 Å². The average Bonchev–Trinajstić information content (AvgIpc) is 2.84. The Morgan fingerprint density at radius 3 is 2.95 bits per heavy atom. The van der Waals surface area contributed by atoms with E-state index in [1.54, 1.807) is 12.0 Å². The molecule has 0 saturated carbocycles. The van der Waals surface area contributed by atoms with Gasteiger partial charge < -0.3 is 20.5 Å². The lowest BCUT2D eigenvalue weighted by Gasteiger charge is -2.22. The van der Waals surface area contributed by atoms with Crippen molar-refractivity contribution in [3.63, 3.8) is 0 Å². The van der Waals surface area contributed by atoms with Crippen molar-refractivity contribution in [1.82, 2.24) is 9.78 Å². The molecule has 1 unspecified atom stereocenters. The molecule has 1 aliphatic heterocycles. The molecular formula is C12H17BrN4O4. The fourth-order valence-corrected chi connectivity index (χ4v) is 2.79. The summed E-state index contributed by atoms with van der Waals surface area (Å²) >= 11 is 3.26. The van der Waals surface area contributed by atoms with E-state index in [1.807, 2.05) is 0 Å². The molecule has 1 atom stereocenters. The van der Waals surface area contributed by atoms with Gasteiger partial charge in [-0.25, -0.2) is 4.68 Å². The maximum Gasteiger partial charge on any atom is 0.325 e. The molecule has 1 aromatic heterocycles. The maximum atomic E-state index is 12.2.